The first-order valence-corrected chi connectivity index (χ1v) is 10.1. The average molecular weight is 416 g/mol. The van der Waals surface area contributed by atoms with Gasteiger partial charge in [0.1, 0.15) is 5.60 Å². The molecule has 0 aliphatic carbocycles. The molecule has 1 atom stereocenters. The van der Waals surface area contributed by atoms with Crippen molar-refractivity contribution < 1.29 is 28.7 Å². The molecule has 1 aromatic carbocycles. The lowest BCUT2D eigenvalue weighted by molar-refractivity contribution is -0.171. The summed E-state index contributed by atoms with van der Waals surface area (Å²) < 4.78 is 10.5. The summed E-state index contributed by atoms with van der Waals surface area (Å²) in [5.41, 5.74) is -1.57. The van der Waals surface area contributed by atoms with Crippen molar-refractivity contribution in [2.75, 3.05) is 18.1 Å². The van der Waals surface area contributed by atoms with Crippen LogP contribution in [0.1, 0.15) is 57.8 Å². The molecule has 2 amide bonds. The van der Waals surface area contributed by atoms with E-state index in [-0.39, 0.29) is 37.1 Å². The van der Waals surface area contributed by atoms with Gasteiger partial charge in [-0.05, 0) is 38.8 Å². The number of amides is 2. The van der Waals surface area contributed by atoms with Crippen molar-refractivity contribution in [1.29, 1.82) is 0 Å². The molecule has 1 saturated heterocycles. The number of carbonyl (C=O) groups is 4. The highest BCUT2D eigenvalue weighted by Crippen LogP contribution is 2.45. The summed E-state index contributed by atoms with van der Waals surface area (Å²) in [6.07, 6.45) is 0.198. The zero-order valence-corrected chi connectivity index (χ0v) is 18.1. The Morgan fingerprint density at radius 2 is 1.83 bits per heavy atom. The van der Waals surface area contributed by atoms with E-state index in [1.165, 1.54) is 9.80 Å². The van der Waals surface area contributed by atoms with Crippen LogP contribution in [0, 0.1) is 5.92 Å². The first-order chi connectivity index (χ1) is 14.0. The minimum atomic E-state index is -1.60. The molecule has 0 radical (unpaired) electrons. The third-order valence-electron chi connectivity index (χ3n) is 4.99. The largest absolute Gasteiger partial charge is 0.457 e. The second kappa shape index (κ2) is 7.74. The highest BCUT2D eigenvalue weighted by molar-refractivity contribution is 6.15. The summed E-state index contributed by atoms with van der Waals surface area (Å²) >= 11 is 0. The Labute approximate surface area is 176 Å². The summed E-state index contributed by atoms with van der Waals surface area (Å²) in [7, 11) is 0. The maximum absolute atomic E-state index is 13.3. The van der Waals surface area contributed by atoms with Crippen LogP contribution in [0.3, 0.4) is 0 Å². The molecule has 0 saturated carbocycles. The molecule has 30 heavy (non-hydrogen) atoms. The van der Waals surface area contributed by atoms with Crippen molar-refractivity contribution in [2.45, 2.75) is 58.7 Å². The van der Waals surface area contributed by atoms with E-state index in [0.29, 0.717) is 11.3 Å². The lowest BCUT2D eigenvalue weighted by Crippen LogP contribution is -2.69. The quantitative estimate of drug-likeness (QED) is 0.685. The monoisotopic (exact) mass is 416 g/mol. The molecule has 2 heterocycles. The molecule has 1 unspecified atom stereocenters. The fraction of sp³-hybridized carbons (Fsp3) is 0.545. The first-order valence-electron chi connectivity index (χ1n) is 10.1. The Balaban J connectivity index is 1.99. The number of para-hydroxylation sites is 1. The smallest absolute Gasteiger partial charge is 0.354 e. The van der Waals surface area contributed by atoms with E-state index in [0.717, 1.165) is 0 Å². The standard InChI is InChI=1S/C22H28N2O6/c1-14(2)12-23-19(27)15-8-6-7-9-16(15)24-17(25)10-11-22(23,24)20(28)29-13-18(26)30-21(3,4)5/h6-9,14H,10-13H2,1-5H3. The predicted molar refractivity (Wildman–Crippen MR) is 109 cm³/mol. The number of hydrogen-bond acceptors (Lipinski definition) is 6. The van der Waals surface area contributed by atoms with Crippen molar-refractivity contribution >= 4 is 29.4 Å². The third-order valence-corrected chi connectivity index (χ3v) is 4.99. The molecule has 162 valence electrons. The van der Waals surface area contributed by atoms with Crippen molar-refractivity contribution in [3.05, 3.63) is 29.8 Å². The van der Waals surface area contributed by atoms with E-state index in [1.807, 2.05) is 13.8 Å². The lowest BCUT2D eigenvalue weighted by Gasteiger charge is -2.48. The SMILES string of the molecule is CC(C)CN1C(=O)c2ccccc2N2C(=O)CCC12C(=O)OCC(=O)OC(C)(C)C. The number of ether oxygens (including phenoxy) is 2. The molecule has 8 nitrogen and oxygen atoms in total. The van der Waals surface area contributed by atoms with Gasteiger partial charge in [0.15, 0.2) is 6.61 Å². The fourth-order valence-electron chi connectivity index (χ4n) is 3.98. The summed E-state index contributed by atoms with van der Waals surface area (Å²) in [6, 6.07) is 6.73. The summed E-state index contributed by atoms with van der Waals surface area (Å²) in [4.78, 5) is 54.4. The number of anilines is 1. The van der Waals surface area contributed by atoms with E-state index in [4.69, 9.17) is 9.47 Å². The van der Waals surface area contributed by atoms with Crippen LogP contribution in [-0.2, 0) is 23.9 Å². The summed E-state index contributed by atoms with van der Waals surface area (Å²) in [5.74, 6) is -2.05. The zero-order chi connectivity index (χ0) is 22.3. The van der Waals surface area contributed by atoms with Gasteiger partial charge in [-0.3, -0.25) is 14.5 Å². The third kappa shape index (κ3) is 3.78. The Hall–Kier alpha value is -2.90. The summed E-state index contributed by atoms with van der Waals surface area (Å²) in [5, 5.41) is 0. The van der Waals surface area contributed by atoms with Crippen molar-refractivity contribution in [3.63, 3.8) is 0 Å². The van der Waals surface area contributed by atoms with Gasteiger partial charge in [-0.2, -0.15) is 0 Å². The zero-order valence-electron chi connectivity index (χ0n) is 18.1. The number of hydrogen-bond donors (Lipinski definition) is 0. The molecule has 0 aromatic heterocycles. The maximum atomic E-state index is 13.3. The van der Waals surface area contributed by atoms with E-state index in [9.17, 15) is 19.2 Å². The molecule has 0 N–H and O–H groups in total. The lowest BCUT2D eigenvalue weighted by atomic mass is 9.95. The Kier molecular flexibility index (Phi) is 5.62. The van der Waals surface area contributed by atoms with Crippen LogP contribution in [0.25, 0.3) is 0 Å². The van der Waals surface area contributed by atoms with E-state index in [2.05, 4.69) is 0 Å². The van der Waals surface area contributed by atoms with Gasteiger partial charge in [-0.25, -0.2) is 9.59 Å². The Morgan fingerprint density at radius 3 is 2.47 bits per heavy atom. The van der Waals surface area contributed by atoms with Gasteiger partial charge in [0, 0.05) is 19.4 Å². The second-order valence-electron chi connectivity index (χ2n) is 9.04. The van der Waals surface area contributed by atoms with Gasteiger partial charge in [0.2, 0.25) is 11.6 Å². The minimum Gasteiger partial charge on any atom is -0.457 e. The van der Waals surface area contributed by atoms with Gasteiger partial charge < -0.3 is 14.4 Å². The van der Waals surface area contributed by atoms with Gasteiger partial charge in [0.25, 0.3) is 5.91 Å². The number of nitrogens with zero attached hydrogens (tertiary/aromatic N) is 2. The van der Waals surface area contributed by atoms with Crippen LogP contribution in [0.15, 0.2) is 24.3 Å². The highest BCUT2D eigenvalue weighted by Gasteiger charge is 2.62. The highest BCUT2D eigenvalue weighted by atomic mass is 16.6. The maximum Gasteiger partial charge on any atom is 0.354 e. The Morgan fingerprint density at radius 1 is 1.17 bits per heavy atom. The summed E-state index contributed by atoms with van der Waals surface area (Å²) in [6.45, 7) is 8.66. The molecule has 3 rings (SSSR count). The first kappa shape index (κ1) is 21.8. The van der Waals surface area contributed by atoms with Gasteiger partial charge in [-0.1, -0.05) is 26.0 Å². The topological polar surface area (TPSA) is 93.2 Å². The van der Waals surface area contributed by atoms with Gasteiger partial charge in [0.05, 0.1) is 11.3 Å². The van der Waals surface area contributed by atoms with Crippen LogP contribution < -0.4 is 4.90 Å². The molecule has 0 spiro atoms. The van der Waals surface area contributed by atoms with Crippen LogP contribution in [0.5, 0.6) is 0 Å². The minimum absolute atomic E-state index is 0.0484. The van der Waals surface area contributed by atoms with Gasteiger partial charge in [-0.15, -0.1) is 0 Å². The number of esters is 2. The molecule has 1 fully saturated rings. The molecule has 2 aliphatic rings. The van der Waals surface area contributed by atoms with Crippen LogP contribution in [-0.4, -0.2) is 53.1 Å². The van der Waals surface area contributed by atoms with Crippen molar-refractivity contribution in [2.24, 2.45) is 5.92 Å². The van der Waals surface area contributed by atoms with Crippen LogP contribution >= 0.6 is 0 Å². The molecule has 8 heteroatoms. The average Bonchev–Trinajstić information content (AvgIpc) is 3.00. The van der Waals surface area contributed by atoms with Crippen LogP contribution in [0.2, 0.25) is 0 Å². The molecule has 1 aromatic rings. The number of fused-ring (bicyclic) bond motifs is 3. The van der Waals surface area contributed by atoms with Crippen LogP contribution in [0.4, 0.5) is 5.69 Å². The van der Waals surface area contributed by atoms with Crippen molar-refractivity contribution in [3.8, 4) is 0 Å². The predicted octanol–water partition coefficient (Wildman–Crippen LogP) is 2.51. The van der Waals surface area contributed by atoms with E-state index >= 15 is 0 Å². The number of rotatable bonds is 5. The number of benzene rings is 1. The Bertz CT molecular complexity index is 888. The van der Waals surface area contributed by atoms with Crippen molar-refractivity contribution in [1.82, 2.24) is 4.90 Å². The van der Waals surface area contributed by atoms with Gasteiger partial charge >= 0.3 is 11.9 Å². The molecule has 0 bridgehead atoms. The second-order valence-corrected chi connectivity index (χ2v) is 9.04. The molecular weight excluding hydrogens is 388 g/mol. The molecular formula is C22H28N2O6. The van der Waals surface area contributed by atoms with E-state index < -0.39 is 29.8 Å². The van der Waals surface area contributed by atoms with E-state index in [1.54, 1.807) is 45.0 Å². The molecule has 2 aliphatic heterocycles. The fourth-order valence-corrected chi connectivity index (χ4v) is 3.98. The number of carbonyl (C=O) groups excluding carboxylic acids is 4. The normalized spacial score (nSPS) is 20.9.